The number of esters is 2. The monoisotopic (exact) mass is 274 g/mol. The molecule has 2 aliphatic heterocycles. The number of carbonyl (C=O) groups is 2. The maximum Gasteiger partial charge on any atom is 0.303 e. The van der Waals surface area contributed by atoms with Gasteiger partial charge in [-0.05, 0) is 13.8 Å². The quantitative estimate of drug-likeness (QED) is 0.672. The molecule has 7 nitrogen and oxygen atoms in total. The Labute approximate surface area is 111 Å². The van der Waals surface area contributed by atoms with Crippen LogP contribution in [-0.2, 0) is 33.3 Å². The fourth-order valence-corrected chi connectivity index (χ4v) is 2.35. The minimum atomic E-state index is -0.736. The fourth-order valence-electron chi connectivity index (χ4n) is 2.35. The average Bonchev–Trinajstić information content (AvgIpc) is 2.62. The first-order chi connectivity index (χ1) is 8.88. The smallest absolute Gasteiger partial charge is 0.303 e. The molecule has 0 saturated carbocycles. The van der Waals surface area contributed by atoms with Gasteiger partial charge in [-0.2, -0.15) is 0 Å². The highest BCUT2D eigenvalue weighted by atomic mass is 16.8. The predicted molar refractivity (Wildman–Crippen MR) is 60.9 cm³/mol. The van der Waals surface area contributed by atoms with E-state index < -0.39 is 48.9 Å². The molecule has 2 fully saturated rings. The first-order valence-corrected chi connectivity index (χ1v) is 6.19. The van der Waals surface area contributed by atoms with Gasteiger partial charge in [0.15, 0.2) is 30.9 Å². The Bertz CT molecular complexity index is 369. The standard InChI is InChI=1S/C12H18O7/c1-5-9(16-6(2)13)10(17-7(3)14)11-12(15-5)19-8(4)18-11/h5,8-12H,1-4H3/t5-,8?,9+,10+,11-,12-/m1/s1. The molecule has 2 saturated heterocycles. The number of fused-ring (bicyclic) bond motifs is 1. The van der Waals surface area contributed by atoms with Crippen LogP contribution in [0.15, 0.2) is 0 Å². The molecule has 2 aliphatic rings. The molecule has 1 unspecified atom stereocenters. The van der Waals surface area contributed by atoms with Crippen LogP contribution >= 0.6 is 0 Å². The van der Waals surface area contributed by atoms with Gasteiger partial charge in [-0.3, -0.25) is 9.59 Å². The number of carbonyl (C=O) groups excluding carboxylic acids is 2. The molecule has 0 aromatic carbocycles. The second-order valence-electron chi connectivity index (χ2n) is 4.66. The van der Waals surface area contributed by atoms with Gasteiger partial charge < -0.3 is 23.7 Å². The molecule has 0 bridgehead atoms. The summed E-state index contributed by atoms with van der Waals surface area (Å²) >= 11 is 0. The largest absolute Gasteiger partial charge is 0.456 e. The Morgan fingerprint density at radius 3 is 2.05 bits per heavy atom. The molecule has 0 amide bonds. The predicted octanol–water partition coefficient (Wildman–Crippen LogP) is 0.356. The molecule has 0 N–H and O–H groups in total. The first kappa shape index (κ1) is 14.2. The van der Waals surface area contributed by atoms with E-state index in [-0.39, 0.29) is 0 Å². The van der Waals surface area contributed by atoms with Gasteiger partial charge in [0, 0.05) is 13.8 Å². The highest BCUT2D eigenvalue weighted by Gasteiger charge is 2.53. The van der Waals surface area contributed by atoms with Crippen LogP contribution in [0.25, 0.3) is 0 Å². The van der Waals surface area contributed by atoms with Crippen molar-refractivity contribution in [2.75, 3.05) is 0 Å². The van der Waals surface area contributed by atoms with Crippen LogP contribution in [0, 0.1) is 0 Å². The van der Waals surface area contributed by atoms with Crippen molar-refractivity contribution in [3.63, 3.8) is 0 Å². The zero-order valence-corrected chi connectivity index (χ0v) is 11.3. The zero-order valence-electron chi connectivity index (χ0n) is 11.3. The van der Waals surface area contributed by atoms with Crippen molar-refractivity contribution in [2.24, 2.45) is 0 Å². The van der Waals surface area contributed by atoms with E-state index >= 15 is 0 Å². The Hall–Kier alpha value is -1.18. The molecule has 0 aliphatic carbocycles. The summed E-state index contributed by atoms with van der Waals surface area (Å²) in [4.78, 5) is 22.4. The minimum Gasteiger partial charge on any atom is -0.456 e. The highest BCUT2D eigenvalue weighted by molar-refractivity contribution is 5.67. The van der Waals surface area contributed by atoms with Gasteiger partial charge in [0.05, 0.1) is 6.10 Å². The van der Waals surface area contributed by atoms with E-state index in [1.165, 1.54) is 13.8 Å². The Kier molecular flexibility index (Phi) is 4.07. The Balaban J connectivity index is 2.20. The molecule has 0 spiro atoms. The number of hydrogen-bond acceptors (Lipinski definition) is 7. The van der Waals surface area contributed by atoms with Crippen molar-refractivity contribution in [2.45, 2.75) is 64.7 Å². The average molecular weight is 274 g/mol. The van der Waals surface area contributed by atoms with Crippen LogP contribution < -0.4 is 0 Å². The molecule has 108 valence electrons. The Morgan fingerprint density at radius 2 is 1.47 bits per heavy atom. The molecular formula is C12H18O7. The molecule has 2 heterocycles. The van der Waals surface area contributed by atoms with Crippen LogP contribution in [0.2, 0.25) is 0 Å². The minimum absolute atomic E-state index is 0.455. The summed E-state index contributed by atoms with van der Waals surface area (Å²) in [5.74, 6) is -0.943. The topological polar surface area (TPSA) is 80.3 Å². The second-order valence-corrected chi connectivity index (χ2v) is 4.66. The SMILES string of the molecule is CC(=O)O[C@H]1[C@@H](OC(C)=O)[C@@H](C)O[C@@H]2OC(C)O[C@@H]21. The maximum absolute atomic E-state index is 11.2. The Morgan fingerprint density at radius 1 is 0.895 bits per heavy atom. The molecule has 6 atom stereocenters. The maximum atomic E-state index is 11.2. The van der Waals surface area contributed by atoms with Crippen LogP contribution in [-0.4, -0.2) is 48.9 Å². The molecule has 0 aromatic heterocycles. The second kappa shape index (κ2) is 5.44. The highest BCUT2D eigenvalue weighted by Crippen LogP contribution is 2.34. The lowest BCUT2D eigenvalue weighted by Gasteiger charge is -2.39. The molecule has 2 rings (SSSR count). The zero-order chi connectivity index (χ0) is 14.2. The van der Waals surface area contributed by atoms with E-state index in [0.717, 1.165) is 0 Å². The molecule has 19 heavy (non-hydrogen) atoms. The summed E-state index contributed by atoms with van der Waals surface area (Å²) < 4.78 is 27.0. The third-order valence-electron chi connectivity index (χ3n) is 3.01. The van der Waals surface area contributed by atoms with Gasteiger partial charge in [0.1, 0.15) is 0 Å². The van der Waals surface area contributed by atoms with Crippen molar-refractivity contribution < 1.29 is 33.3 Å². The van der Waals surface area contributed by atoms with Gasteiger partial charge in [0.2, 0.25) is 0 Å². The molecule has 0 aromatic rings. The summed E-state index contributed by atoms with van der Waals surface area (Å²) in [6.45, 7) is 6.03. The van der Waals surface area contributed by atoms with Crippen LogP contribution in [0.5, 0.6) is 0 Å². The molecule has 7 heteroatoms. The summed E-state index contributed by atoms with van der Waals surface area (Å²) in [5, 5.41) is 0. The van der Waals surface area contributed by atoms with Crippen molar-refractivity contribution in [3.05, 3.63) is 0 Å². The van der Waals surface area contributed by atoms with Gasteiger partial charge in [-0.25, -0.2) is 0 Å². The van der Waals surface area contributed by atoms with Crippen LogP contribution in [0.4, 0.5) is 0 Å². The normalized spacial score (nSPS) is 41.5. The lowest BCUT2D eigenvalue weighted by Crippen LogP contribution is -2.58. The first-order valence-electron chi connectivity index (χ1n) is 6.19. The van der Waals surface area contributed by atoms with E-state index in [1.807, 2.05) is 0 Å². The summed E-state index contributed by atoms with van der Waals surface area (Å²) in [6, 6.07) is 0. The van der Waals surface area contributed by atoms with Gasteiger partial charge in [-0.15, -0.1) is 0 Å². The number of hydrogen-bond donors (Lipinski definition) is 0. The van der Waals surface area contributed by atoms with Crippen molar-refractivity contribution in [3.8, 4) is 0 Å². The van der Waals surface area contributed by atoms with E-state index in [4.69, 9.17) is 23.7 Å². The summed E-state index contributed by atoms with van der Waals surface area (Å²) in [7, 11) is 0. The van der Waals surface area contributed by atoms with Crippen LogP contribution in [0.1, 0.15) is 27.7 Å². The van der Waals surface area contributed by atoms with Crippen molar-refractivity contribution >= 4 is 11.9 Å². The van der Waals surface area contributed by atoms with Crippen molar-refractivity contribution in [1.82, 2.24) is 0 Å². The summed E-state index contributed by atoms with van der Waals surface area (Å²) in [6.07, 6.45) is -3.59. The number of rotatable bonds is 2. The third-order valence-corrected chi connectivity index (χ3v) is 3.01. The molecule has 0 radical (unpaired) electrons. The molecular weight excluding hydrogens is 256 g/mol. The number of ether oxygens (including phenoxy) is 5. The van der Waals surface area contributed by atoms with E-state index in [1.54, 1.807) is 13.8 Å². The van der Waals surface area contributed by atoms with Crippen LogP contribution in [0.3, 0.4) is 0 Å². The van der Waals surface area contributed by atoms with E-state index in [2.05, 4.69) is 0 Å². The third kappa shape index (κ3) is 3.05. The summed E-state index contributed by atoms with van der Waals surface area (Å²) in [5.41, 5.74) is 0. The van der Waals surface area contributed by atoms with Crippen molar-refractivity contribution in [1.29, 1.82) is 0 Å². The fraction of sp³-hybridized carbons (Fsp3) is 0.833. The van der Waals surface area contributed by atoms with E-state index in [0.29, 0.717) is 0 Å². The lowest BCUT2D eigenvalue weighted by atomic mass is 9.99. The van der Waals surface area contributed by atoms with Gasteiger partial charge in [0.25, 0.3) is 0 Å². The van der Waals surface area contributed by atoms with E-state index in [9.17, 15) is 9.59 Å². The van der Waals surface area contributed by atoms with Gasteiger partial charge >= 0.3 is 11.9 Å². The lowest BCUT2D eigenvalue weighted by molar-refractivity contribution is -0.253. The van der Waals surface area contributed by atoms with Gasteiger partial charge in [-0.1, -0.05) is 0 Å².